The molecule has 20 heavy (non-hydrogen) atoms. The number of aryl methyl sites for hydroxylation is 1. The Bertz CT molecular complexity index is 572. The largest absolute Gasteiger partial charge is 0.378 e. The van der Waals surface area contributed by atoms with E-state index in [1.165, 1.54) is 0 Å². The molecule has 1 saturated heterocycles. The molecule has 112 valence electrons. The van der Waals surface area contributed by atoms with Crippen LogP contribution in [0.15, 0.2) is 23.1 Å². The van der Waals surface area contributed by atoms with E-state index in [0.717, 1.165) is 11.1 Å². The molecule has 2 unspecified atom stereocenters. The number of nitrogens with one attached hydrogen (secondary N) is 1. The Morgan fingerprint density at radius 1 is 1.45 bits per heavy atom. The van der Waals surface area contributed by atoms with Gasteiger partial charge in [-0.25, -0.2) is 13.1 Å². The molecule has 2 rings (SSSR count). The van der Waals surface area contributed by atoms with Gasteiger partial charge in [-0.05, 0) is 49.9 Å². The van der Waals surface area contributed by atoms with Crippen LogP contribution in [-0.4, -0.2) is 27.2 Å². The predicted molar refractivity (Wildman–Crippen MR) is 77.8 cm³/mol. The van der Waals surface area contributed by atoms with E-state index in [9.17, 15) is 8.42 Å². The van der Waals surface area contributed by atoms with Crippen LogP contribution in [0.2, 0.25) is 0 Å². The SMILES string of the molecule is Cc1cc(S(=O)(=O)NC2CCOC(C)C2)ccc1CN. The fourth-order valence-corrected chi connectivity index (χ4v) is 3.83. The lowest BCUT2D eigenvalue weighted by Gasteiger charge is -2.27. The number of sulfonamides is 1. The summed E-state index contributed by atoms with van der Waals surface area (Å²) in [6.07, 6.45) is 1.51. The van der Waals surface area contributed by atoms with Crippen LogP contribution in [0.3, 0.4) is 0 Å². The molecular weight excluding hydrogens is 276 g/mol. The van der Waals surface area contributed by atoms with Gasteiger partial charge < -0.3 is 10.5 Å². The van der Waals surface area contributed by atoms with Gasteiger partial charge in [-0.2, -0.15) is 0 Å². The number of hydrogen-bond acceptors (Lipinski definition) is 4. The minimum Gasteiger partial charge on any atom is -0.378 e. The Balaban J connectivity index is 2.15. The van der Waals surface area contributed by atoms with Crippen molar-refractivity contribution in [2.45, 2.75) is 50.3 Å². The molecule has 0 aliphatic carbocycles. The maximum atomic E-state index is 12.4. The molecule has 3 N–H and O–H groups in total. The number of ether oxygens (including phenoxy) is 1. The summed E-state index contributed by atoms with van der Waals surface area (Å²) in [6.45, 7) is 4.84. The number of hydrogen-bond donors (Lipinski definition) is 2. The Morgan fingerprint density at radius 3 is 2.80 bits per heavy atom. The third kappa shape index (κ3) is 3.58. The maximum Gasteiger partial charge on any atom is 0.240 e. The van der Waals surface area contributed by atoms with Crippen LogP contribution in [0.4, 0.5) is 0 Å². The molecule has 0 amide bonds. The molecule has 0 saturated carbocycles. The van der Waals surface area contributed by atoms with Crippen LogP contribution < -0.4 is 10.5 Å². The van der Waals surface area contributed by atoms with Gasteiger partial charge in [0.25, 0.3) is 0 Å². The van der Waals surface area contributed by atoms with Gasteiger partial charge in [-0.15, -0.1) is 0 Å². The van der Waals surface area contributed by atoms with Gasteiger partial charge in [-0.1, -0.05) is 6.07 Å². The first-order valence-electron chi connectivity index (χ1n) is 6.86. The van der Waals surface area contributed by atoms with Crippen molar-refractivity contribution in [1.29, 1.82) is 0 Å². The monoisotopic (exact) mass is 298 g/mol. The van der Waals surface area contributed by atoms with Crippen molar-refractivity contribution in [3.05, 3.63) is 29.3 Å². The van der Waals surface area contributed by atoms with Gasteiger partial charge >= 0.3 is 0 Å². The third-order valence-corrected chi connectivity index (χ3v) is 5.17. The fourth-order valence-electron chi connectivity index (χ4n) is 2.46. The van der Waals surface area contributed by atoms with Crippen LogP contribution in [0.5, 0.6) is 0 Å². The molecule has 1 fully saturated rings. The molecule has 6 heteroatoms. The first-order chi connectivity index (χ1) is 9.42. The van der Waals surface area contributed by atoms with Crippen molar-refractivity contribution in [2.24, 2.45) is 5.73 Å². The highest BCUT2D eigenvalue weighted by Gasteiger charge is 2.25. The molecule has 0 bridgehead atoms. The molecule has 1 aromatic carbocycles. The molecule has 1 heterocycles. The van der Waals surface area contributed by atoms with Crippen LogP contribution in [-0.2, 0) is 21.3 Å². The Kier molecular flexibility index (Phi) is 4.80. The zero-order valence-electron chi connectivity index (χ0n) is 11.9. The van der Waals surface area contributed by atoms with E-state index in [2.05, 4.69) is 4.72 Å². The van der Waals surface area contributed by atoms with Gasteiger partial charge in [0.1, 0.15) is 0 Å². The van der Waals surface area contributed by atoms with Gasteiger partial charge in [0.2, 0.25) is 10.0 Å². The molecule has 2 atom stereocenters. The second-order valence-electron chi connectivity index (χ2n) is 5.32. The summed E-state index contributed by atoms with van der Waals surface area (Å²) in [5.41, 5.74) is 7.46. The molecule has 1 aliphatic heterocycles. The molecule has 1 aliphatic rings. The maximum absolute atomic E-state index is 12.4. The summed E-state index contributed by atoms with van der Waals surface area (Å²) in [4.78, 5) is 0.298. The van der Waals surface area contributed by atoms with Crippen molar-refractivity contribution in [1.82, 2.24) is 4.72 Å². The smallest absolute Gasteiger partial charge is 0.240 e. The summed E-state index contributed by atoms with van der Waals surface area (Å²) < 4.78 is 32.9. The van der Waals surface area contributed by atoms with Gasteiger partial charge in [-0.3, -0.25) is 0 Å². The van der Waals surface area contributed by atoms with Crippen LogP contribution in [0.25, 0.3) is 0 Å². The summed E-state index contributed by atoms with van der Waals surface area (Å²) >= 11 is 0. The summed E-state index contributed by atoms with van der Waals surface area (Å²) in [5.74, 6) is 0. The molecular formula is C14H22N2O3S. The zero-order valence-corrected chi connectivity index (χ0v) is 12.7. The lowest BCUT2D eigenvalue weighted by molar-refractivity contribution is 0.0173. The summed E-state index contributed by atoms with van der Waals surface area (Å²) in [5, 5.41) is 0. The lowest BCUT2D eigenvalue weighted by atomic mass is 10.1. The Labute approximate surface area is 120 Å². The minimum atomic E-state index is -3.48. The predicted octanol–water partition coefficient (Wildman–Crippen LogP) is 1.30. The van der Waals surface area contributed by atoms with E-state index >= 15 is 0 Å². The normalized spacial score (nSPS) is 23.8. The summed E-state index contributed by atoms with van der Waals surface area (Å²) in [7, 11) is -3.48. The van der Waals surface area contributed by atoms with Gasteiger partial charge in [0.05, 0.1) is 11.0 Å². The van der Waals surface area contributed by atoms with Gasteiger partial charge in [0.15, 0.2) is 0 Å². The topological polar surface area (TPSA) is 81.4 Å². The number of benzene rings is 1. The molecule has 0 spiro atoms. The van der Waals surface area contributed by atoms with Gasteiger partial charge in [0, 0.05) is 19.2 Å². The van der Waals surface area contributed by atoms with Crippen LogP contribution in [0.1, 0.15) is 30.9 Å². The second kappa shape index (κ2) is 6.22. The molecule has 0 aromatic heterocycles. The van der Waals surface area contributed by atoms with Crippen LogP contribution in [0, 0.1) is 6.92 Å². The average molecular weight is 298 g/mol. The number of rotatable bonds is 4. The third-order valence-electron chi connectivity index (χ3n) is 3.65. The molecule has 5 nitrogen and oxygen atoms in total. The zero-order chi connectivity index (χ0) is 14.8. The van der Waals surface area contributed by atoms with Crippen molar-refractivity contribution in [3.8, 4) is 0 Å². The second-order valence-corrected chi connectivity index (χ2v) is 7.03. The highest BCUT2D eigenvalue weighted by molar-refractivity contribution is 7.89. The van der Waals surface area contributed by atoms with E-state index in [1.807, 2.05) is 13.8 Å². The van der Waals surface area contributed by atoms with E-state index in [-0.39, 0.29) is 12.1 Å². The highest BCUT2D eigenvalue weighted by Crippen LogP contribution is 2.19. The first-order valence-corrected chi connectivity index (χ1v) is 8.34. The number of nitrogens with two attached hydrogens (primary N) is 1. The van der Waals surface area contributed by atoms with Crippen molar-refractivity contribution in [3.63, 3.8) is 0 Å². The van der Waals surface area contributed by atoms with Crippen molar-refractivity contribution < 1.29 is 13.2 Å². The van der Waals surface area contributed by atoms with E-state index in [1.54, 1.807) is 18.2 Å². The van der Waals surface area contributed by atoms with Crippen molar-refractivity contribution in [2.75, 3.05) is 6.61 Å². The highest BCUT2D eigenvalue weighted by atomic mass is 32.2. The van der Waals surface area contributed by atoms with E-state index in [4.69, 9.17) is 10.5 Å². The van der Waals surface area contributed by atoms with E-state index in [0.29, 0.717) is 30.9 Å². The first kappa shape index (κ1) is 15.4. The minimum absolute atomic E-state index is 0.0572. The van der Waals surface area contributed by atoms with Crippen LogP contribution >= 0.6 is 0 Å². The molecule has 0 radical (unpaired) electrons. The average Bonchev–Trinajstić information content (AvgIpc) is 2.38. The quantitative estimate of drug-likeness (QED) is 0.878. The Hall–Kier alpha value is -0.950. The summed E-state index contributed by atoms with van der Waals surface area (Å²) in [6, 6.07) is 5.00. The molecule has 1 aromatic rings. The Morgan fingerprint density at radius 2 is 2.20 bits per heavy atom. The van der Waals surface area contributed by atoms with E-state index < -0.39 is 10.0 Å². The van der Waals surface area contributed by atoms with Crippen molar-refractivity contribution >= 4 is 10.0 Å². The lowest BCUT2D eigenvalue weighted by Crippen LogP contribution is -2.41. The fraction of sp³-hybridized carbons (Fsp3) is 0.571. The standard InChI is InChI=1S/C14H22N2O3S/c1-10-7-14(4-3-12(10)9-15)20(17,18)16-13-5-6-19-11(2)8-13/h3-4,7,11,13,16H,5-6,8-9,15H2,1-2H3.